The van der Waals surface area contributed by atoms with Crippen LogP contribution in [-0.4, -0.2) is 62.5 Å². The number of hydrogen-bond acceptors (Lipinski definition) is 5. The summed E-state index contributed by atoms with van der Waals surface area (Å²) in [6.07, 6.45) is 3.63. The molecule has 0 unspecified atom stereocenters. The maximum atomic E-state index is 13.6. The Morgan fingerprint density at radius 2 is 1.78 bits per heavy atom. The number of aryl methyl sites for hydroxylation is 1. The second-order valence-electron chi connectivity index (χ2n) is 9.20. The lowest BCUT2D eigenvalue weighted by Crippen LogP contribution is -2.57. The molecule has 1 fully saturated rings. The first-order valence-corrected chi connectivity index (χ1v) is 13.8. The highest BCUT2D eigenvalue weighted by Crippen LogP contribution is 2.37. The van der Waals surface area contributed by atoms with E-state index in [1.54, 1.807) is 4.90 Å². The molecule has 11 heteroatoms. The first-order chi connectivity index (χ1) is 17.5. The Kier molecular flexibility index (Phi) is 9.86. The summed E-state index contributed by atoms with van der Waals surface area (Å²) in [7, 11) is -4.71. The van der Waals surface area contributed by atoms with Crippen molar-refractivity contribution in [2.45, 2.75) is 57.5 Å². The summed E-state index contributed by atoms with van der Waals surface area (Å²) in [5.41, 5.74) is 7.51. The summed E-state index contributed by atoms with van der Waals surface area (Å²) in [5.74, 6) is -1.38. The molecule has 0 spiro atoms. The van der Waals surface area contributed by atoms with Crippen LogP contribution in [0.5, 0.6) is 5.75 Å². The highest BCUT2D eigenvalue weighted by Gasteiger charge is 2.39. The lowest BCUT2D eigenvalue weighted by molar-refractivity contribution is -0.149. The van der Waals surface area contributed by atoms with Gasteiger partial charge in [-0.3, -0.25) is 24.2 Å². The van der Waals surface area contributed by atoms with Gasteiger partial charge in [-0.05, 0) is 55.4 Å². The van der Waals surface area contributed by atoms with E-state index in [1.165, 1.54) is 41.7 Å². The van der Waals surface area contributed by atoms with Gasteiger partial charge in [0.1, 0.15) is 17.8 Å². The first kappa shape index (κ1) is 28.4. The van der Waals surface area contributed by atoms with Gasteiger partial charge in [0.15, 0.2) is 0 Å². The minimum Gasteiger partial charge on any atom is -0.404 e. The Hall–Kier alpha value is -3.20. The predicted molar refractivity (Wildman–Crippen MR) is 137 cm³/mol. The average Bonchev–Trinajstić information content (AvgIpc) is 3.01. The molecule has 1 aliphatic rings. The van der Waals surface area contributed by atoms with Gasteiger partial charge in [0, 0.05) is 26.4 Å². The lowest BCUT2D eigenvalue weighted by Gasteiger charge is -2.36. The zero-order valence-electron chi connectivity index (χ0n) is 20.9. The van der Waals surface area contributed by atoms with E-state index >= 15 is 0 Å². The van der Waals surface area contributed by atoms with Crippen molar-refractivity contribution in [3.63, 3.8) is 0 Å². The van der Waals surface area contributed by atoms with Gasteiger partial charge in [-0.2, -0.15) is 0 Å². The Bertz CT molecular complexity index is 1120. The third-order valence-electron chi connectivity index (χ3n) is 6.43. The number of phosphoric acid groups is 1. The molecule has 2 aromatic rings. The van der Waals surface area contributed by atoms with Crippen molar-refractivity contribution >= 4 is 25.5 Å². The molecule has 10 nitrogen and oxygen atoms in total. The molecule has 4 N–H and O–H groups in total. The number of hydrogen-bond donors (Lipinski definition) is 3. The van der Waals surface area contributed by atoms with E-state index in [4.69, 9.17) is 15.5 Å². The monoisotopic (exact) mass is 531 g/mol. The minimum absolute atomic E-state index is 0.0405. The van der Waals surface area contributed by atoms with Gasteiger partial charge in [0.05, 0.1) is 0 Å². The highest BCUT2D eigenvalue weighted by molar-refractivity contribution is 7.46. The van der Waals surface area contributed by atoms with Gasteiger partial charge >= 0.3 is 7.82 Å². The van der Waals surface area contributed by atoms with E-state index in [0.29, 0.717) is 25.1 Å². The van der Waals surface area contributed by atoms with Crippen LogP contribution < -0.4 is 10.3 Å². The molecule has 200 valence electrons. The molecule has 0 aromatic heterocycles. The number of nitrogens with zero attached hydrogens (tertiary/aromatic N) is 2. The van der Waals surface area contributed by atoms with E-state index in [2.05, 4.69) is 4.52 Å². The molecule has 0 bridgehead atoms. The quantitative estimate of drug-likeness (QED) is 0.377. The number of phosphoric ester groups is 1. The van der Waals surface area contributed by atoms with Crippen molar-refractivity contribution < 1.29 is 33.3 Å². The van der Waals surface area contributed by atoms with Gasteiger partial charge in [0.2, 0.25) is 17.7 Å². The van der Waals surface area contributed by atoms with Crippen molar-refractivity contribution in [1.82, 2.24) is 9.80 Å². The molecule has 0 aliphatic carbocycles. The molecule has 1 saturated heterocycles. The molecular formula is C26H34N3O7P. The third kappa shape index (κ3) is 8.42. The number of benzene rings is 2. The summed E-state index contributed by atoms with van der Waals surface area (Å²) in [6.45, 7) is 2.47. The van der Waals surface area contributed by atoms with E-state index in [9.17, 15) is 18.9 Å². The summed E-state index contributed by atoms with van der Waals surface area (Å²) in [5, 5.41) is 0. The van der Waals surface area contributed by atoms with Gasteiger partial charge in [-0.25, -0.2) is 4.57 Å². The number of carbonyl (C=O) groups excluding carboxylic acids is 3. The summed E-state index contributed by atoms with van der Waals surface area (Å²) in [4.78, 5) is 59.9. The SMILES string of the molecule is CC(=O)N([C@@H](Cc1ccc(OP(=O)(O)O)cc1)C(N)=O)[C@H]1CCCCN(CCCc2ccccc2)C1=O. The maximum Gasteiger partial charge on any atom is 0.524 e. The maximum absolute atomic E-state index is 13.6. The zero-order valence-corrected chi connectivity index (χ0v) is 21.8. The number of nitrogens with two attached hydrogens (primary N) is 1. The standard InChI is InChI=1S/C26H34N3O7P/c1-19(30)29(24(25(27)31)18-21-12-14-22(15-13-21)36-37(33,34)35)23-11-5-6-16-28(26(23)32)17-7-10-20-8-3-2-4-9-20/h2-4,8-9,12-15,23-24H,5-7,10-11,16-18H2,1H3,(H2,27,31)(H2,33,34,35)/t23-,24-/m0/s1. The fourth-order valence-corrected chi connectivity index (χ4v) is 5.12. The average molecular weight is 532 g/mol. The van der Waals surface area contributed by atoms with Crippen molar-refractivity contribution in [1.29, 1.82) is 0 Å². The summed E-state index contributed by atoms with van der Waals surface area (Å²) in [6, 6.07) is 13.9. The number of amides is 3. The molecule has 3 amide bonds. The van der Waals surface area contributed by atoms with Crippen LogP contribution in [0.3, 0.4) is 0 Å². The second kappa shape index (κ2) is 12.9. The van der Waals surface area contributed by atoms with Gasteiger partial charge in [-0.1, -0.05) is 42.5 Å². The number of likely N-dealkylation sites (tertiary alicyclic amines) is 1. The fourth-order valence-electron chi connectivity index (χ4n) is 4.72. The fraction of sp³-hybridized carbons (Fsp3) is 0.423. The van der Waals surface area contributed by atoms with Gasteiger partial charge in [-0.15, -0.1) is 0 Å². The summed E-state index contributed by atoms with van der Waals surface area (Å²) < 4.78 is 15.6. The molecule has 3 rings (SSSR count). The van der Waals surface area contributed by atoms with E-state index in [0.717, 1.165) is 25.7 Å². The number of rotatable bonds is 11. The Morgan fingerprint density at radius 3 is 2.38 bits per heavy atom. The van der Waals surface area contributed by atoms with Crippen LogP contribution in [0.1, 0.15) is 43.7 Å². The van der Waals surface area contributed by atoms with Crippen LogP contribution >= 0.6 is 7.82 Å². The number of carbonyl (C=O) groups is 3. The Morgan fingerprint density at radius 1 is 1.11 bits per heavy atom. The minimum atomic E-state index is -4.71. The number of primary amides is 1. The van der Waals surface area contributed by atoms with Crippen LogP contribution in [0.4, 0.5) is 0 Å². The van der Waals surface area contributed by atoms with Gasteiger partial charge < -0.3 is 20.1 Å². The highest BCUT2D eigenvalue weighted by atomic mass is 31.2. The van der Waals surface area contributed by atoms with Crippen molar-refractivity contribution in [3.8, 4) is 5.75 Å². The second-order valence-corrected chi connectivity index (χ2v) is 10.4. The lowest BCUT2D eigenvalue weighted by atomic mass is 9.99. The topological polar surface area (TPSA) is 150 Å². The van der Waals surface area contributed by atoms with Gasteiger partial charge in [0.25, 0.3) is 0 Å². The first-order valence-electron chi connectivity index (χ1n) is 12.3. The normalized spacial score (nSPS) is 17.1. The van der Waals surface area contributed by atoms with Crippen LogP contribution in [-0.2, 0) is 31.8 Å². The van der Waals surface area contributed by atoms with Crippen molar-refractivity contribution in [3.05, 3.63) is 65.7 Å². The molecule has 2 atom stereocenters. The third-order valence-corrected chi connectivity index (χ3v) is 6.88. The van der Waals surface area contributed by atoms with Crippen LogP contribution in [0.25, 0.3) is 0 Å². The van der Waals surface area contributed by atoms with Crippen molar-refractivity contribution in [2.24, 2.45) is 5.73 Å². The largest absolute Gasteiger partial charge is 0.524 e. The van der Waals surface area contributed by atoms with Crippen molar-refractivity contribution in [2.75, 3.05) is 13.1 Å². The Balaban J connectivity index is 1.75. The molecule has 1 aliphatic heterocycles. The molecule has 0 saturated carbocycles. The van der Waals surface area contributed by atoms with Crippen LogP contribution in [0, 0.1) is 0 Å². The molecular weight excluding hydrogens is 497 g/mol. The smallest absolute Gasteiger partial charge is 0.404 e. The Labute approximate surface area is 216 Å². The molecule has 1 heterocycles. The van der Waals surface area contributed by atoms with E-state index in [1.807, 2.05) is 30.3 Å². The molecule has 0 radical (unpaired) electrons. The predicted octanol–water partition coefficient (Wildman–Crippen LogP) is 2.42. The molecule has 2 aromatic carbocycles. The van der Waals surface area contributed by atoms with E-state index < -0.39 is 31.7 Å². The van der Waals surface area contributed by atoms with E-state index in [-0.39, 0.29) is 18.1 Å². The van der Waals surface area contributed by atoms with Crippen LogP contribution in [0.2, 0.25) is 0 Å². The summed E-state index contributed by atoms with van der Waals surface area (Å²) >= 11 is 0. The van der Waals surface area contributed by atoms with Crippen LogP contribution in [0.15, 0.2) is 54.6 Å². The zero-order chi connectivity index (χ0) is 27.0. The molecule has 37 heavy (non-hydrogen) atoms.